The summed E-state index contributed by atoms with van der Waals surface area (Å²) in [6, 6.07) is -0.897. The van der Waals surface area contributed by atoms with Crippen LogP contribution in [0.25, 0.3) is 0 Å². The van der Waals surface area contributed by atoms with Gasteiger partial charge in [0, 0.05) is 6.42 Å². The molecule has 14 N–H and O–H groups in total. The van der Waals surface area contributed by atoms with Gasteiger partial charge in [-0.2, -0.15) is 11.8 Å². The van der Waals surface area contributed by atoms with Crippen molar-refractivity contribution in [3.8, 4) is 0 Å². The summed E-state index contributed by atoms with van der Waals surface area (Å²) in [5.74, 6) is -7.60. The maximum absolute atomic E-state index is 13.7. The van der Waals surface area contributed by atoms with Crippen molar-refractivity contribution in [3.63, 3.8) is 0 Å². The van der Waals surface area contributed by atoms with E-state index in [9.17, 15) is 53.4 Å². The number of hydrogen-bond acceptors (Lipinski definition) is 13. The van der Waals surface area contributed by atoms with Crippen LogP contribution in [-0.2, 0) is 49.6 Å². The van der Waals surface area contributed by atoms with Gasteiger partial charge in [-0.3, -0.25) is 38.4 Å². The second-order valence-electron chi connectivity index (χ2n) is 17.4. The van der Waals surface area contributed by atoms with Gasteiger partial charge in [-0.25, -0.2) is 4.79 Å². The van der Waals surface area contributed by atoms with Crippen LogP contribution in [0.5, 0.6) is 0 Å². The molecule has 8 amide bonds. The van der Waals surface area contributed by atoms with Crippen LogP contribution >= 0.6 is 11.8 Å². The van der Waals surface area contributed by atoms with Gasteiger partial charge < -0.3 is 64.2 Å². The molecule has 1 aromatic rings. The molecule has 67 heavy (non-hydrogen) atoms. The quantitative estimate of drug-likeness (QED) is 0.0378. The first-order valence-electron chi connectivity index (χ1n) is 22.8. The Morgan fingerprint density at radius 1 is 0.657 bits per heavy atom. The molecule has 0 bridgehead atoms. The molecule has 378 valence electrons. The standard InChI is InChI=1S/C45H76N10O11S/c1-9-27(6)37(43(63)48-23-35(57)50-33(45(65)66)22-29-15-11-10-12-16-29)55-42(62)34(24-56)53-41(61)32(21-25(2)3)52-38(58)28(7)49-40(60)31(17-13-14-19-46)51-44(64)36(26(4)5)54-39(59)30(47)18-20-67-8/h10-12,15-16,25-28,30-34,36-37,56H,9,13-14,17-24,46-47H2,1-8H3,(H,48,63)(H,49,60)(H,50,57)(H,51,64)(H,52,58)(H,53,61)(H,54,59)(H,55,62)(H,65,66). The Balaban J connectivity index is 3.07. The van der Waals surface area contributed by atoms with Crippen LogP contribution in [0.2, 0.25) is 0 Å². The Morgan fingerprint density at radius 3 is 1.79 bits per heavy atom. The Labute approximate surface area is 398 Å². The number of carboxylic acids is 1. The molecule has 0 saturated heterocycles. The SMILES string of the molecule is CCC(C)C(NC(=O)C(CO)NC(=O)C(CC(C)C)NC(=O)C(C)NC(=O)C(CCCCN)NC(=O)C(NC(=O)C(N)CCSC)C(C)C)C(=O)NCC(=O)NC(Cc1ccccc1)C(=O)O. The second kappa shape index (κ2) is 31.6. The number of aliphatic carboxylic acids is 1. The predicted octanol–water partition coefficient (Wildman–Crippen LogP) is -1.21. The third-order valence-corrected chi connectivity index (χ3v) is 11.5. The zero-order valence-corrected chi connectivity index (χ0v) is 41.0. The van der Waals surface area contributed by atoms with Gasteiger partial charge in [-0.15, -0.1) is 0 Å². The van der Waals surface area contributed by atoms with E-state index in [0.29, 0.717) is 43.5 Å². The van der Waals surface area contributed by atoms with Gasteiger partial charge in [0.25, 0.3) is 0 Å². The fraction of sp³-hybridized carbons (Fsp3) is 0.667. The third-order valence-electron chi connectivity index (χ3n) is 10.8. The van der Waals surface area contributed by atoms with Crippen LogP contribution in [0.3, 0.4) is 0 Å². The Hall–Kier alpha value is -5.32. The number of nitrogens with two attached hydrogens (primary N) is 2. The lowest BCUT2D eigenvalue weighted by atomic mass is 9.97. The van der Waals surface area contributed by atoms with E-state index in [2.05, 4.69) is 42.5 Å². The fourth-order valence-electron chi connectivity index (χ4n) is 6.57. The molecule has 0 aromatic heterocycles. The molecule has 0 saturated carbocycles. The number of benzene rings is 1. The van der Waals surface area contributed by atoms with E-state index in [1.165, 1.54) is 18.7 Å². The van der Waals surface area contributed by atoms with E-state index in [1.54, 1.807) is 71.9 Å². The minimum absolute atomic E-state index is 0.00284. The molecular formula is C45H76N10O11S. The smallest absolute Gasteiger partial charge is 0.326 e. The highest BCUT2D eigenvalue weighted by molar-refractivity contribution is 7.98. The van der Waals surface area contributed by atoms with Crippen LogP contribution in [0.4, 0.5) is 0 Å². The first-order valence-corrected chi connectivity index (χ1v) is 24.2. The monoisotopic (exact) mass is 965 g/mol. The maximum atomic E-state index is 13.7. The number of aliphatic hydroxyl groups excluding tert-OH is 1. The molecule has 0 radical (unpaired) electrons. The van der Waals surface area contributed by atoms with E-state index in [0.717, 1.165) is 0 Å². The topological polar surface area (TPSA) is 342 Å². The van der Waals surface area contributed by atoms with Crippen molar-refractivity contribution in [2.24, 2.45) is 29.2 Å². The van der Waals surface area contributed by atoms with Gasteiger partial charge in [-0.05, 0) is 80.9 Å². The molecule has 0 fully saturated rings. The summed E-state index contributed by atoms with van der Waals surface area (Å²) >= 11 is 1.53. The number of unbranched alkanes of at least 4 members (excludes halogenated alkanes) is 1. The number of carbonyl (C=O) groups excluding carboxylic acids is 8. The van der Waals surface area contributed by atoms with E-state index < -0.39 is 121 Å². The molecule has 9 unspecified atom stereocenters. The average Bonchev–Trinajstić information content (AvgIpc) is 3.28. The van der Waals surface area contributed by atoms with Crippen LogP contribution < -0.4 is 54.0 Å². The van der Waals surface area contributed by atoms with E-state index >= 15 is 0 Å². The van der Waals surface area contributed by atoms with E-state index in [4.69, 9.17) is 11.5 Å². The van der Waals surface area contributed by atoms with Gasteiger partial charge in [-0.1, -0.05) is 78.3 Å². The Morgan fingerprint density at radius 2 is 1.24 bits per heavy atom. The molecule has 22 heteroatoms. The van der Waals surface area contributed by atoms with E-state index in [-0.39, 0.29) is 31.1 Å². The minimum Gasteiger partial charge on any atom is -0.480 e. The minimum atomic E-state index is -1.59. The molecule has 0 spiro atoms. The van der Waals surface area contributed by atoms with Crippen LogP contribution in [0.1, 0.15) is 92.6 Å². The zero-order valence-electron chi connectivity index (χ0n) is 40.1. The summed E-state index contributed by atoms with van der Waals surface area (Å²) in [5, 5.41) is 40.2. The van der Waals surface area contributed by atoms with Crippen molar-refractivity contribution in [1.82, 2.24) is 42.5 Å². The zero-order chi connectivity index (χ0) is 50.8. The second-order valence-corrected chi connectivity index (χ2v) is 18.4. The third kappa shape index (κ3) is 22.4. The summed E-state index contributed by atoms with van der Waals surface area (Å²) in [6.45, 7) is 10.7. The summed E-state index contributed by atoms with van der Waals surface area (Å²) in [4.78, 5) is 119. The number of aliphatic hydroxyl groups is 1. The highest BCUT2D eigenvalue weighted by Crippen LogP contribution is 2.12. The number of carbonyl (C=O) groups is 9. The number of hydrogen-bond donors (Lipinski definition) is 12. The molecule has 0 heterocycles. The number of nitrogens with one attached hydrogen (secondary N) is 8. The number of carboxylic acid groups (broad SMARTS) is 1. The van der Waals surface area contributed by atoms with Crippen molar-refractivity contribution in [1.29, 1.82) is 0 Å². The lowest BCUT2D eigenvalue weighted by Gasteiger charge is -2.28. The summed E-state index contributed by atoms with van der Waals surface area (Å²) in [5.41, 5.74) is 12.4. The molecule has 21 nitrogen and oxygen atoms in total. The molecule has 0 aliphatic carbocycles. The molecule has 1 rings (SSSR count). The van der Waals surface area contributed by atoms with Crippen molar-refractivity contribution >= 4 is 65.0 Å². The highest BCUT2D eigenvalue weighted by Gasteiger charge is 2.34. The van der Waals surface area contributed by atoms with Crippen LogP contribution in [0, 0.1) is 17.8 Å². The molecule has 0 aliphatic rings. The lowest BCUT2D eigenvalue weighted by Crippen LogP contribution is -2.61. The highest BCUT2D eigenvalue weighted by atomic mass is 32.2. The fourth-order valence-corrected chi connectivity index (χ4v) is 7.06. The van der Waals surface area contributed by atoms with Gasteiger partial charge >= 0.3 is 5.97 Å². The van der Waals surface area contributed by atoms with E-state index in [1.807, 2.05) is 6.26 Å². The Bertz CT molecular complexity index is 1770. The summed E-state index contributed by atoms with van der Waals surface area (Å²) in [6.07, 6.45) is 3.91. The van der Waals surface area contributed by atoms with Crippen molar-refractivity contribution in [2.45, 2.75) is 142 Å². The van der Waals surface area contributed by atoms with Gasteiger partial charge in [0.1, 0.15) is 42.3 Å². The Kier molecular flexibility index (Phi) is 28.2. The maximum Gasteiger partial charge on any atom is 0.326 e. The van der Waals surface area contributed by atoms with Gasteiger partial charge in [0.15, 0.2) is 0 Å². The summed E-state index contributed by atoms with van der Waals surface area (Å²) < 4.78 is 0. The molecule has 9 atom stereocenters. The number of amides is 8. The summed E-state index contributed by atoms with van der Waals surface area (Å²) in [7, 11) is 0. The first-order chi connectivity index (χ1) is 31.6. The average molecular weight is 965 g/mol. The molecular weight excluding hydrogens is 889 g/mol. The van der Waals surface area contributed by atoms with Crippen LogP contribution in [-0.4, -0.2) is 143 Å². The van der Waals surface area contributed by atoms with Gasteiger partial charge in [0.05, 0.1) is 19.2 Å². The largest absolute Gasteiger partial charge is 0.480 e. The molecule has 0 aliphatic heterocycles. The van der Waals surface area contributed by atoms with Crippen LogP contribution in [0.15, 0.2) is 30.3 Å². The van der Waals surface area contributed by atoms with Crippen molar-refractivity contribution < 1.29 is 53.4 Å². The first kappa shape index (κ1) is 59.7. The number of rotatable bonds is 32. The predicted molar refractivity (Wildman–Crippen MR) is 255 cm³/mol. The van der Waals surface area contributed by atoms with Crippen molar-refractivity contribution in [2.75, 3.05) is 31.7 Å². The van der Waals surface area contributed by atoms with Crippen molar-refractivity contribution in [3.05, 3.63) is 35.9 Å². The lowest BCUT2D eigenvalue weighted by molar-refractivity contribution is -0.141. The van der Waals surface area contributed by atoms with Gasteiger partial charge in [0.2, 0.25) is 47.3 Å². The molecule has 1 aromatic carbocycles. The number of thioether (sulfide) groups is 1. The normalized spacial score (nSPS) is 15.2.